The molecule has 0 atom stereocenters. The molecule has 106 valence electrons. The number of nitrogens with zero attached hydrogens (tertiary/aromatic N) is 3. The fourth-order valence-electron chi connectivity index (χ4n) is 2.14. The highest BCUT2D eigenvalue weighted by Crippen LogP contribution is 2.17. The lowest BCUT2D eigenvalue weighted by atomic mass is 10.2. The van der Waals surface area contributed by atoms with Crippen LogP contribution < -0.4 is 10.6 Å². The number of nitrogen functional groups attached to an aromatic ring is 1. The number of aryl methyl sites for hydroxylation is 2. The number of hydrogen-bond acceptors (Lipinski definition) is 4. The van der Waals surface area contributed by atoms with E-state index in [9.17, 15) is 0 Å². The summed E-state index contributed by atoms with van der Waals surface area (Å²) in [5.74, 6) is 0.786. The van der Waals surface area contributed by atoms with Gasteiger partial charge in [0.15, 0.2) is 0 Å². The Bertz CT molecular complexity index is 555. The molecule has 0 spiro atoms. The number of aromatic nitrogens is 2. The molecule has 0 aliphatic carbocycles. The molecular weight excluding hydrogens is 248 g/mol. The summed E-state index contributed by atoms with van der Waals surface area (Å²) >= 11 is 0. The van der Waals surface area contributed by atoms with Crippen molar-refractivity contribution >= 4 is 11.6 Å². The zero-order chi connectivity index (χ0) is 14.7. The zero-order valence-electron chi connectivity index (χ0n) is 12.6. The van der Waals surface area contributed by atoms with E-state index in [1.807, 2.05) is 44.2 Å². The van der Waals surface area contributed by atoms with Crippen LogP contribution in [-0.2, 0) is 6.54 Å². The van der Waals surface area contributed by atoms with E-state index in [-0.39, 0.29) is 0 Å². The fourth-order valence-corrected chi connectivity index (χ4v) is 2.14. The molecule has 20 heavy (non-hydrogen) atoms. The summed E-state index contributed by atoms with van der Waals surface area (Å²) in [6.45, 7) is 9.08. The van der Waals surface area contributed by atoms with Gasteiger partial charge in [-0.25, -0.2) is 9.97 Å². The molecule has 2 rings (SSSR count). The average molecular weight is 270 g/mol. The van der Waals surface area contributed by atoms with Crippen molar-refractivity contribution in [1.82, 2.24) is 9.97 Å². The van der Waals surface area contributed by atoms with Crippen LogP contribution in [0.4, 0.5) is 11.6 Å². The first-order valence-corrected chi connectivity index (χ1v) is 6.89. The van der Waals surface area contributed by atoms with Crippen molar-refractivity contribution in [2.45, 2.75) is 40.3 Å². The third-order valence-electron chi connectivity index (χ3n) is 3.18. The van der Waals surface area contributed by atoms with Crippen LogP contribution in [0.1, 0.15) is 30.8 Å². The molecule has 0 fully saturated rings. The van der Waals surface area contributed by atoms with Gasteiger partial charge in [0.25, 0.3) is 0 Å². The minimum Gasteiger partial charge on any atom is -0.399 e. The highest BCUT2D eigenvalue weighted by Gasteiger charge is 2.14. The molecule has 0 amide bonds. The highest BCUT2D eigenvalue weighted by molar-refractivity contribution is 5.41. The van der Waals surface area contributed by atoms with Crippen molar-refractivity contribution in [3.8, 4) is 0 Å². The Morgan fingerprint density at radius 3 is 2.10 bits per heavy atom. The van der Waals surface area contributed by atoms with E-state index in [1.54, 1.807) is 0 Å². The lowest BCUT2D eigenvalue weighted by Gasteiger charge is -2.27. The summed E-state index contributed by atoms with van der Waals surface area (Å²) in [5, 5.41) is 0. The SMILES string of the molecule is Cc1cc(C)nc(N(Cc2ccc(N)cc2)C(C)C)n1. The second-order valence-corrected chi connectivity index (χ2v) is 5.41. The van der Waals surface area contributed by atoms with Crippen molar-refractivity contribution in [1.29, 1.82) is 0 Å². The summed E-state index contributed by atoms with van der Waals surface area (Å²) in [6.07, 6.45) is 0. The number of benzene rings is 1. The maximum absolute atomic E-state index is 5.73. The van der Waals surface area contributed by atoms with Crippen LogP contribution in [0.15, 0.2) is 30.3 Å². The molecule has 1 heterocycles. The molecule has 2 N–H and O–H groups in total. The van der Waals surface area contributed by atoms with Crippen molar-refractivity contribution < 1.29 is 0 Å². The van der Waals surface area contributed by atoms with Crippen LogP contribution in [0.3, 0.4) is 0 Å². The van der Waals surface area contributed by atoms with Gasteiger partial charge in [-0.3, -0.25) is 0 Å². The van der Waals surface area contributed by atoms with Gasteiger partial charge in [0, 0.05) is 29.7 Å². The molecule has 2 aromatic rings. The Morgan fingerprint density at radius 1 is 1.05 bits per heavy atom. The minimum atomic E-state index is 0.328. The molecule has 4 heteroatoms. The van der Waals surface area contributed by atoms with Crippen molar-refractivity contribution in [2.75, 3.05) is 10.6 Å². The van der Waals surface area contributed by atoms with Gasteiger partial charge < -0.3 is 10.6 Å². The first-order valence-electron chi connectivity index (χ1n) is 6.89. The Balaban J connectivity index is 2.29. The van der Waals surface area contributed by atoms with E-state index in [2.05, 4.69) is 28.7 Å². The molecule has 0 saturated carbocycles. The lowest BCUT2D eigenvalue weighted by Crippen LogP contribution is -2.32. The highest BCUT2D eigenvalue weighted by atomic mass is 15.3. The van der Waals surface area contributed by atoms with Gasteiger partial charge in [0.1, 0.15) is 0 Å². The fraction of sp³-hybridized carbons (Fsp3) is 0.375. The van der Waals surface area contributed by atoms with Crippen molar-refractivity contribution in [3.05, 3.63) is 47.3 Å². The van der Waals surface area contributed by atoms with Crippen LogP contribution in [0.2, 0.25) is 0 Å². The van der Waals surface area contributed by atoms with E-state index in [0.29, 0.717) is 6.04 Å². The molecular formula is C16H22N4. The quantitative estimate of drug-likeness (QED) is 0.867. The smallest absolute Gasteiger partial charge is 0.226 e. The van der Waals surface area contributed by atoms with Gasteiger partial charge in [-0.2, -0.15) is 0 Å². The van der Waals surface area contributed by atoms with Gasteiger partial charge in [-0.05, 0) is 51.5 Å². The first-order chi connectivity index (χ1) is 9.45. The van der Waals surface area contributed by atoms with Crippen LogP contribution >= 0.6 is 0 Å². The average Bonchev–Trinajstić information content (AvgIpc) is 2.36. The molecule has 0 aliphatic rings. The largest absolute Gasteiger partial charge is 0.399 e. The number of nitrogens with two attached hydrogens (primary N) is 1. The van der Waals surface area contributed by atoms with Gasteiger partial charge >= 0.3 is 0 Å². The van der Waals surface area contributed by atoms with E-state index in [4.69, 9.17) is 5.73 Å². The molecule has 4 nitrogen and oxygen atoms in total. The normalized spacial score (nSPS) is 10.8. The number of rotatable bonds is 4. The Hall–Kier alpha value is -2.10. The van der Waals surface area contributed by atoms with E-state index in [1.165, 1.54) is 5.56 Å². The first kappa shape index (κ1) is 14.3. The van der Waals surface area contributed by atoms with Crippen molar-refractivity contribution in [2.24, 2.45) is 0 Å². The van der Waals surface area contributed by atoms with Gasteiger partial charge in [0.05, 0.1) is 0 Å². The second kappa shape index (κ2) is 5.90. The summed E-state index contributed by atoms with van der Waals surface area (Å²) in [6, 6.07) is 10.3. The summed E-state index contributed by atoms with van der Waals surface area (Å²) in [7, 11) is 0. The van der Waals surface area contributed by atoms with Gasteiger partial charge in [-0.1, -0.05) is 12.1 Å². The Labute approximate surface area is 120 Å². The molecule has 0 unspecified atom stereocenters. The van der Waals surface area contributed by atoms with Crippen molar-refractivity contribution in [3.63, 3.8) is 0 Å². The van der Waals surface area contributed by atoms with Crippen LogP contribution in [0.5, 0.6) is 0 Å². The zero-order valence-corrected chi connectivity index (χ0v) is 12.6. The maximum Gasteiger partial charge on any atom is 0.226 e. The lowest BCUT2D eigenvalue weighted by molar-refractivity contribution is 0.657. The van der Waals surface area contributed by atoms with E-state index < -0.39 is 0 Å². The molecule has 1 aromatic heterocycles. The van der Waals surface area contributed by atoms with Gasteiger partial charge in [0.2, 0.25) is 5.95 Å². The maximum atomic E-state index is 5.73. The topological polar surface area (TPSA) is 55.0 Å². The van der Waals surface area contributed by atoms with Crippen LogP contribution in [0.25, 0.3) is 0 Å². The number of anilines is 2. The third-order valence-corrected chi connectivity index (χ3v) is 3.18. The summed E-state index contributed by atoms with van der Waals surface area (Å²) in [4.78, 5) is 11.3. The predicted octanol–water partition coefficient (Wildman–Crippen LogP) is 3.09. The van der Waals surface area contributed by atoms with E-state index >= 15 is 0 Å². The van der Waals surface area contributed by atoms with Gasteiger partial charge in [-0.15, -0.1) is 0 Å². The van der Waals surface area contributed by atoms with E-state index in [0.717, 1.165) is 29.6 Å². The second-order valence-electron chi connectivity index (χ2n) is 5.41. The standard InChI is InChI=1S/C16H22N4/c1-11(2)20(10-14-5-7-15(17)8-6-14)16-18-12(3)9-13(4)19-16/h5-9,11H,10,17H2,1-4H3. The summed E-state index contributed by atoms with van der Waals surface area (Å²) < 4.78 is 0. The molecule has 0 aliphatic heterocycles. The molecule has 1 aromatic carbocycles. The third kappa shape index (κ3) is 3.47. The van der Waals surface area contributed by atoms with Crippen LogP contribution in [0, 0.1) is 13.8 Å². The Kier molecular flexibility index (Phi) is 4.23. The summed E-state index contributed by atoms with van der Waals surface area (Å²) in [5.41, 5.74) is 9.71. The molecule has 0 saturated heterocycles. The Morgan fingerprint density at radius 2 is 1.60 bits per heavy atom. The predicted molar refractivity (Wildman–Crippen MR) is 83.7 cm³/mol. The number of hydrogen-bond donors (Lipinski definition) is 1. The molecule has 0 radical (unpaired) electrons. The monoisotopic (exact) mass is 270 g/mol. The van der Waals surface area contributed by atoms with Crippen LogP contribution in [-0.4, -0.2) is 16.0 Å². The molecule has 0 bridgehead atoms. The minimum absolute atomic E-state index is 0.328.